The summed E-state index contributed by atoms with van der Waals surface area (Å²) in [4.78, 5) is 13.6. The number of hydrogen-bond donors (Lipinski definition) is 0. The lowest BCUT2D eigenvalue weighted by Crippen LogP contribution is -2.14. The van der Waals surface area contributed by atoms with Crippen LogP contribution in [0.3, 0.4) is 0 Å². The van der Waals surface area contributed by atoms with Crippen molar-refractivity contribution in [2.75, 3.05) is 13.7 Å². The molecule has 0 amide bonds. The molecule has 0 aromatic heterocycles. The first-order valence-electron chi connectivity index (χ1n) is 5.29. The van der Waals surface area contributed by atoms with Crippen molar-refractivity contribution in [2.24, 2.45) is 0 Å². The molecule has 1 unspecified atom stereocenters. The number of benzene rings is 1. The molecule has 0 bridgehead atoms. The molecule has 0 N–H and O–H groups in total. The Kier molecular flexibility index (Phi) is 3.06. The van der Waals surface area contributed by atoms with Gasteiger partial charge in [-0.2, -0.15) is 0 Å². The molecule has 3 heteroatoms. The summed E-state index contributed by atoms with van der Waals surface area (Å²) in [6.45, 7) is 4.40. The summed E-state index contributed by atoms with van der Waals surface area (Å²) in [5.74, 6) is -0.171. The van der Waals surface area contributed by atoms with Crippen LogP contribution in [-0.2, 0) is 9.53 Å². The monoisotopic (exact) mass is 217 g/mol. The van der Waals surface area contributed by atoms with Gasteiger partial charge in [-0.3, -0.25) is 9.69 Å². The van der Waals surface area contributed by atoms with Gasteiger partial charge in [-0.25, -0.2) is 0 Å². The van der Waals surface area contributed by atoms with E-state index in [1.807, 2.05) is 30.3 Å². The maximum absolute atomic E-state index is 11.5. The van der Waals surface area contributed by atoms with Gasteiger partial charge in [-0.1, -0.05) is 36.4 Å². The fourth-order valence-electron chi connectivity index (χ4n) is 2.06. The van der Waals surface area contributed by atoms with Crippen molar-refractivity contribution in [3.05, 3.63) is 48.6 Å². The van der Waals surface area contributed by atoms with Gasteiger partial charge in [0.25, 0.3) is 0 Å². The third kappa shape index (κ3) is 1.86. The Bertz CT molecular complexity index is 388. The molecule has 1 aliphatic heterocycles. The minimum absolute atomic E-state index is 0.145. The summed E-state index contributed by atoms with van der Waals surface area (Å²) < 4.78 is 4.79. The normalized spacial score (nSPS) is 27.2. The highest BCUT2D eigenvalue weighted by Crippen LogP contribution is 2.43. The van der Waals surface area contributed by atoms with Gasteiger partial charge in [0.1, 0.15) is 6.04 Å². The van der Waals surface area contributed by atoms with E-state index in [2.05, 4.69) is 11.5 Å². The Hall–Kier alpha value is -1.61. The molecule has 3 atom stereocenters. The van der Waals surface area contributed by atoms with Gasteiger partial charge in [0.2, 0.25) is 0 Å². The topological polar surface area (TPSA) is 29.3 Å². The third-order valence-electron chi connectivity index (χ3n) is 2.85. The first-order chi connectivity index (χ1) is 7.79. The van der Waals surface area contributed by atoms with E-state index < -0.39 is 0 Å². The zero-order valence-electron chi connectivity index (χ0n) is 9.30. The maximum atomic E-state index is 11.5. The Morgan fingerprint density at radius 2 is 2.19 bits per heavy atom. The molecule has 1 aromatic carbocycles. The number of ether oxygens (including phenoxy) is 1. The molecule has 1 aromatic rings. The first-order valence-corrected chi connectivity index (χ1v) is 5.29. The molecule has 1 aliphatic rings. The van der Waals surface area contributed by atoms with Crippen molar-refractivity contribution in [1.29, 1.82) is 0 Å². The number of carbonyl (C=O) groups is 1. The summed E-state index contributed by atoms with van der Waals surface area (Å²) in [6, 6.07) is 9.99. The highest BCUT2D eigenvalue weighted by molar-refractivity contribution is 5.80. The second-order valence-corrected chi connectivity index (χ2v) is 3.81. The number of rotatable bonds is 4. The van der Waals surface area contributed by atoms with E-state index >= 15 is 0 Å². The van der Waals surface area contributed by atoms with E-state index in [-0.39, 0.29) is 18.1 Å². The van der Waals surface area contributed by atoms with E-state index in [4.69, 9.17) is 4.74 Å². The lowest BCUT2D eigenvalue weighted by Gasteiger charge is -1.98. The van der Waals surface area contributed by atoms with Crippen LogP contribution < -0.4 is 0 Å². The standard InChI is InChI=1S/C13H15NO2/c1-3-9-14-11(12(14)13(15)16-2)10-7-5-4-6-8-10/h3-8,11-12H,1,9H2,2H3/t11-,12+,14?/m0/s1. The van der Waals surface area contributed by atoms with Crippen LogP contribution in [0.4, 0.5) is 0 Å². The van der Waals surface area contributed by atoms with Gasteiger partial charge < -0.3 is 4.74 Å². The third-order valence-corrected chi connectivity index (χ3v) is 2.85. The SMILES string of the molecule is C=CCN1[C@@H](C(=O)OC)[C@@H]1c1ccccc1. The van der Waals surface area contributed by atoms with Gasteiger partial charge in [0, 0.05) is 6.54 Å². The predicted octanol–water partition coefficient (Wildman–Crippen LogP) is 1.77. The van der Waals surface area contributed by atoms with E-state index in [9.17, 15) is 4.79 Å². The van der Waals surface area contributed by atoms with E-state index in [1.165, 1.54) is 7.11 Å². The molecule has 3 nitrogen and oxygen atoms in total. The molecule has 16 heavy (non-hydrogen) atoms. The number of nitrogens with zero attached hydrogens (tertiary/aromatic N) is 1. The van der Waals surface area contributed by atoms with E-state index in [1.54, 1.807) is 6.08 Å². The zero-order chi connectivity index (χ0) is 11.5. The van der Waals surface area contributed by atoms with Crippen molar-refractivity contribution in [3.8, 4) is 0 Å². The number of carbonyl (C=O) groups excluding carboxylic acids is 1. The van der Waals surface area contributed by atoms with Crippen LogP contribution in [0.1, 0.15) is 11.6 Å². The number of methoxy groups -OCH3 is 1. The smallest absolute Gasteiger partial charge is 0.325 e. The van der Waals surface area contributed by atoms with Crippen LogP contribution in [0.5, 0.6) is 0 Å². The molecular weight excluding hydrogens is 202 g/mol. The minimum atomic E-state index is -0.171. The first kappa shape index (κ1) is 10.9. The van der Waals surface area contributed by atoms with Crippen LogP contribution in [0.2, 0.25) is 0 Å². The van der Waals surface area contributed by atoms with Crippen LogP contribution in [0, 0.1) is 0 Å². The van der Waals surface area contributed by atoms with Gasteiger partial charge in [-0.05, 0) is 5.56 Å². The molecule has 0 spiro atoms. The second-order valence-electron chi connectivity index (χ2n) is 3.81. The fourth-order valence-corrected chi connectivity index (χ4v) is 2.06. The fraction of sp³-hybridized carbons (Fsp3) is 0.308. The maximum Gasteiger partial charge on any atom is 0.325 e. The summed E-state index contributed by atoms with van der Waals surface area (Å²) >= 11 is 0. The van der Waals surface area contributed by atoms with Gasteiger partial charge in [0.05, 0.1) is 13.2 Å². The lowest BCUT2D eigenvalue weighted by atomic mass is 10.1. The summed E-state index contributed by atoms with van der Waals surface area (Å²) in [7, 11) is 1.43. The number of hydrogen-bond acceptors (Lipinski definition) is 3. The molecule has 84 valence electrons. The predicted molar refractivity (Wildman–Crippen MR) is 61.9 cm³/mol. The van der Waals surface area contributed by atoms with E-state index in [0.717, 1.165) is 5.56 Å². The Labute approximate surface area is 95.3 Å². The molecule has 0 saturated carbocycles. The highest BCUT2D eigenvalue weighted by atomic mass is 16.5. The molecule has 0 radical (unpaired) electrons. The molecule has 1 saturated heterocycles. The molecule has 1 heterocycles. The van der Waals surface area contributed by atoms with Crippen LogP contribution >= 0.6 is 0 Å². The van der Waals surface area contributed by atoms with Crippen molar-refractivity contribution >= 4 is 5.97 Å². The average molecular weight is 217 g/mol. The van der Waals surface area contributed by atoms with Crippen molar-refractivity contribution in [3.63, 3.8) is 0 Å². The van der Waals surface area contributed by atoms with Gasteiger partial charge >= 0.3 is 5.97 Å². The van der Waals surface area contributed by atoms with Crippen LogP contribution in [0.25, 0.3) is 0 Å². The second kappa shape index (κ2) is 4.49. The Balaban J connectivity index is 2.16. The van der Waals surface area contributed by atoms with Crippen molar-refractivity contribution in [2.45, 2.75) is 12.1 Å². The molecule has 2 rings (SSSR count). The number of esters is 1. The zero-order valence-corrected chi connectivity index (χ0v) is 9.30. The highest BCUT2D eigenvalue weighted by Gasteiger charge is 2.53. The van der Waals surface area contributed by atoms with Gasteiger partial charge in [0.15, 0.2) is 0 Å². The van der Waals surface area contributed by atoms with Crippen LogP contribution in [-0.4, -0.2) is 30.6 Å². The minimum Gasteiger partial charge on any atom is -0.468 e. The lowest BCUT2D eigenvalue weighted by molar-refractivity contribution is -0.140. The summed E-state index contributed by atoms with van der Waals surface area (Å²) in [6.07, 6.45) is 1.80. The largest absolute Gasteiger partial charge is 0.468 e. The van der Waals surface area contributed by atoms with Crippen molar-refractivity contribution in [1.82, 2.24) is 4.90 Å². The average Bonchev–Trinajstić information content (AvgIpc) is 3.04. The van der Waals surface area contributed by atoms with Gasteiger partial charge in [-0.15, -0.1) is 6.58 Å². The van der Waals surface area contributed by atoms with Crippen molar-refractivity contribution < 1.29 is 9.53 Å². The Morgan fingerprint density at radius 1 is 1.50 bits per heavy atom. The van der Waals surface area contributed by atoms with Crippen LogP contribution in [0.15, 0.2) is 43.0 Å². The summed E-state index contributed by atoms with van der Waals surface area (Å²) in [5.41, 5.74) is 1.15. The summed E-state index contributed by atoms with van der Waals surface area (Å²) in [5, 5.41) is 0. The van der Waals surface area contributed by atoms with E-state index in [0.29, 0.717) is 6.54 Å². The molecular formula is C13H15NO2. The molecule has 0 aliphatic carbocycles. The quantitative estimate of drug-likeness (QED) is 0.437. The molecule has 1 fully saturated rings. The Morgan fingerprint density at radius 3 is 2.75 bits per heavy atom.